The molecule has 4 aromatic heterocycles. The normalized spacial score (nSPS) is 12.1. The fourth-order valence-corrected chi connectivity index (χ4v) is 11.5. The van der Waals surface area contributed by atoms with Crippen LogP contribution in [0.4, 0.5) is 0 Å². The molecule has 0 unspecified atom stereocenters. The van der Waals surface area contributed by atoms with E-state index in [0.717, 1.165) is 33.3 Å². The highest BCUT2D eigenvalue weighted by molar-refractivity contribution is 6.28. The first kappa shape index (κ1) is 37.1. The third-order valence-corrected chi connectivity index (χ3v) is 14.6. The van der Waals surface area contributed by atoms with E-state index >= 15 is 0 Å². The van der Waals surface area contributed by atoms with Crippen LogP contribution >= 0.6 is 0 Å². The van der Waals surface area contributed by atoms with E-state index in [1.807, 2.05) is 12.4 Å². The van der Waals surface area contributed by atoms with Crippen molar-refractivity contribution in [3.63, 3.8) is 0 Å². The number of hydrogen-bond donors (Lipinski definition) is 0. The van der Waals surface area contributed by atoms with Crippen LogP contribution in [-0.4, -0.2) is 19.1 Å². The standard InChI is InChI=1S/C64H38N4/c1-3-17-43(18-4-1)67-61-25-13-11-23-47(61)57-31-53-49-27-42-30-52(60-38-66-36-40-16-8-10-22-46(40)60)56-34-64-58(48-24-12-14-26-62(48)68(64)44-19-5-2-6-20-44)32-54(56)50(42)28-41(49)29-51(55(53)33-63(57)67)59-37-65-35-39-15-7-9-21-45(39)59/h1-38H. The average Bonchev–Trinajstić information content (AvgIpc) is 3.91. The Morgan fingerprint density at radius 1 is 0.221 bits per heavy atom. The Balaban J connectivity index is 1.12. The molecule has 4 heterocycles. The summed E-state index contributed by atoms with van der Waals surface area (Å²) in [6.07, 6.45) is 8.07. The van der Waals surface area contributed by atoms with Gasteiger partial charge in [0.15, 0.2) is 0 Å². The summed E-state index contributed by atoms with van der Waals surface area (Å²) in [4.78, 5) is 9.71. The van der Waals surface area contributed by atoms with Crippen LogP contribution in [0.1, 0.15) is 0 Å². The summed E-state index contributed by atoms with van der Waals surface area (Å²) >= 11 is 0. The van der Waals surface area contributed by atoms with Crippen molar-refractivity contribution >= 4 is 108 Å². The van der Waals surface area contributed by atoms with Gasteiger partial charge in [0.25, 0.3) is 0 Å². The van der Waals surface area contributed by atoms with Crippen molar-refractivity contribution in [1.29, 1.82) is 0 Å². The zero-order valence-corrected chi connectivity index (χ0v) is 36.7. The molecule has 0 bridgehead atoms. The van der Waals surface area contributed by atoms with E-state index in [9.17, 15) is 0 Å². The molecule has 0 saturated heterocycles. The highest BCUT2D eigenvalue weighted by atomic mass is 15.0. The summed E-state index contributed by atoms with van der Waals surface area (Å²) in [6, 6.07) is 76.0. The Morgan fingerprint density at radius 3 is 1.07 bits per heavy atom. The predicted molar refractivity (Wildman–Crippen MR) is 287 cm³/mol. The van der Waals surface area contributed by atoms with Gasteiger partial charge in [-0.1, -0.05) is 121 Å². The first-order chi connectivity index (χ1) is 33.7. The number of aromatic nitrogens is 4. The number of rotatable bonds is 4. The molecule has 0 spiro atoms. The van der Waals surface area contributed by atoms with Gasteiger partial charge in [0.05, 0.1) is 22.1 Å². The molecule has 0 amide bonds. The number of benzene rings is 11. The Kier molecular flexibility index (Phi) is 7.75. The first-order valence-electron chi connectivity index (χ1n) is 23.3. The lowest BCUT2D eigenvalue weighted by atomic mass is 9.87. The molecule has 15 aromatic rings. The molecule has 0 aliphatic heterocycles. The second kappa shape index (κ2) is 14.2. The molecule has 68 heavy (non-hydrogen) atoms. The lowest BCUT2D eigenvalue weighted by Crippen LogP contribution is -1.94. The number of para-hydroxylation sites is 4. The van der Waals surface area contributed by atoms with E-state index in [1.165, 1.54) is 109 Å². The summed E-state index contributed by atoms with van der Waals surface area (Å²) in [6.45, 7) is 0. The van der Waals surface area contributed by atoms with E-state index in [4.69, 9.17) is 9.97 Å². The van der Waals surface area contributed by atoms with Gasteiger partial charge in [-0.3, -0.25) is 9.97 Å². The van der Waals surface area contributed by atoms with E-state index in [1.54, 1.807) is 0 Å². The molecule has 15 rings (SSSR count). The molecule has 0 saturated carbocycles. The van der Waals surface area contributed by atoms with Crippen molar-refractivity contribution in [3.05, 3.63) is 231 Å². The summed E-state index contributed by atoms with van der Waals surface area (Å²) in [5.41, 5.74) is 11.6. The van der Waals surface area contributed by atoms with Crippen molar-refractivity contribution in [3.8, 4) is 33.6 Å². The maximum atomic E-state index is 4.85. The summed E-state index contributed by atoms with van der Waals surface area (Å²) in [5.74, 6) is 0. The Labute approximate surface area is 390 Å². The third-order valence-electron chi connectivity index (χ3n) is 14.6. The van der Waals surface area contributed by atoms with E-state index in [2.05, 4.69) is 228 Å². The molecule has 0 radical (unpaired) electrons. The SMILES string of the molecule is c1ccc(-n2c3ccccc3c3cc4c(cc32)c(-c2cncc3ccccc23)cc2cc3c(cc(-c5cncc6ccccc56)c5cc6c(cc53)c3ccccc3n6-c3ccccc3)cc24)cc1. The van der Waals surface area contributed by atoms with Crippen LogP contribution in [0.15, 0.2) is 231 Å². The average molecular weight is 863 g/mol. The number of pyridine rings is 2. The van der Waals surface area contributed by atoms with Crippen molar-refractivity contribution in [1.82, 2.24) is 19.1 Å². The number of nitrogens with zero attached hydrogens (tertiary/aromatic N) is 4. The maximum absolute atomic E-state index is 4.85. The van der Waals surface area contributed by atoms with Crippen molar-refractivity contribution < 1.29 is 0 Å². The zero-order valence-electron chi connectivity index (χ0n) is 36.7. The zero-order chi connectivity index (χ0) is 44.5. The van der Waals surface area contributed by atoms with E-state index in [0.29, 0.717) is 0 Å². The summed E-state index contributed by atoms with van der Waals surface area (Å²) in [7, 11) is 0. The van der Waals surface area contributed by atoms with Crippen LogP contribution in [-0.2, 0) is 0 Å². The van der Waals surface area contributed by atoms with Crippen LogP contribution in [0.5, 0.6) is 0 Å². The highest BCUT2D eigenvalue weighted by Gasteiger charge is 2.22. The van der Waals surface area contributed by atoms with Gasteiger partial charge < -0.3 is 9.13 Å². The Bertz CT molecular complexity index is 4290. The van der Waals surface area contributed by atoms with Crippen LogP contribution in [0.25, 0.3) is 142 Å². The van der Waals surface area contributed by atoms with E-state index < -0.39 is 0 Å². The van der Waals surface area contributed by atoms with Gasteiger partial charge in [0, 0.05) is 79.6 Å². The molecule has 0 atom stereocenters. The second-order valence-electron chi connectivity index (χ2n) is 18.2. The Hall–Kier alpha value is -9.12. The molecular weight excluding hydrogens is 825 g/mol. The quantitative estimate of drug-likeness (QED) is 0.131. The number of hydrogen-bond acceptors (Lipinski definition) is 2. The topological polar surface area (TPSA) is 35.6 Å². The van der Waals surface area contributed by atoms with Gasteiger partial charge in [0.2, 0.25) is 0 Å². The molecule has 0 N–H and O–H groups in total. The minimum atomic E-state index is 1.12. The smallest absolute Gasteiger partial charge is 0.0547 e. The van der Waals surface area contributed by atoms with Crippen LogP contribution in [0.2, 0.25) is 0 Å². The molecule has 0 fully saturated rings. The third kappa shape index (κ3) is 5.31. The molecule has 11 aromatic carbocycles. The summed E-state index contributed by atoms with van der Waals surface area (Å²) < 4.78 is 4.85. The first-order valence-corrected chi connectivity index (χ1v) is 23.3. The molecular formula is C64H38N4. The maximum Gasteiger partial charge on any atom is 0.0547 e. The fourth-order valence-electron chi connectivity index (χ4n) is 11.5. The Morgan fingerprint density at radius 2 is 0.618 bits per heavy atom. The highest BCUT2D eigenvalue weighted by Crippen LogP contribution is 2.47. The monoisotopic (exact) mass is 862 g/mol. The van der Waals surface area contributed by atoms with Gasteiger partial charge in [-0.15, -0.1) is 0 Å². The largest absolute Gasteiger partial charge is 0.309 e. The van der Waals surface area contributed by atoms with Gasteiger partial charge >= 0.3 is 0 Å². The van der Waals surface area contributed by atoms with E-state index in [-0.39, 0.29) is 0 Å². The molecule has 4 heteroatoms. The molecule has 4 nitrogen and oxygen atoms in total. The van der Waals surface area contributed by atoms with Crippen molar-refractivity contribution in [2.45, 2.75) is 0 Å². The minimum Gasteiger partial charge on any atom is -0.309 e. The van der Waals surface area contributed by atoms with Crippen LogP contribution in [0, 0.1) is 0 Å². The summed E-state index contributed by atoms with van der Waals surface area (Å²) in [5, 5.41) is 19.1. The van der Waals surface area contributed by atoms with Gasteiger partial charge in [0.1, 0.15) is 0 Å². The van der Waals surface area contributed by atoms with Crippen molar-refractivity contribution in [2.24, 2.45) is 0 Å². The molecule has 314 valence electrons. The minimum absolute atomic E-state index is 1.12. The van der Waals surface area contributed by atoms with Crippen LogP contribution in [0.3, 0.4) is 0 Å². The van der Waals surface area contributed by atoms with Gasteiger partial charge in [-0.05, 0) is 150 Å². The van der Waals surface area contributed by atoms with Crippen LogP contribution < -0.4 is 0 Å². The number of fused-ring (bicyclic) bond motifs is 14. The molecule has 0 aliphatic carbocycles. The van der Waals surface area contributed by atoms with Crippen molar-refractivity contribution in [2.75, 3.05) is 0 Å². The lowest BCUT2D eigenvalue weighted by molar-refractivity contribution is 1.18. The fraction of sp³-hybridized carbons (Fsp3) is 0. The molecule has 0 aliphatic rings. The van der Waals surface area contributed by atoms with Gasteiger partial charge in [-0.25, -0.2) is 0 Å². The van der Waals surface area contributed by atoms with Gasteiger partial charge in [-0.2, -0.15) is 0 Å². The lowest BCUT2D eigenvalue weighted by Gasteiger charge is -2.17. The predicted octanol–water partition coefficient (Wildman–Crippen LogP) is 16.9. The second-order valence-corrected chi connectivity index (χ2v) is 18.2.